The van der Waals surface area contributed by atoms with Crippen LogP contribution in [-0.2, 0) is 0 Å². The molecule has 2 aliphatic rings. The predicted octanol–water partition coefficient (Wildman–Crippen LogP) is 3.79. The van der Waals surface area contributed by atoms with Crippen LogP contribution in [0, 0.1) is 22.7 Å². The first kappa shape index (κ1) is 24.3. The molecule has 10 nitrogen and oxygen atoms in total. The van der Waals surface area contributed by atoms with Crippen LogP contribution in [0.2, 0.25) is 5.02 Å². The van der Waals surface area contributed by atoms with E-state index in [2.05, 4.69) is 42.7 Å². The van der Waals surface area contributed by atoms with Gasteiger partial charge in [0.2, 0.25) is 5.95 Å². The Morgan fingerprint density at radius 1 is 1.17 bits per heavy atom. The zero-order chi connectivity index (χ0) is 25.4. The van der Waals surface area contributed by atoms with Crippen molar-refractivity contribution in [3.63, 3.8) is 0 Å². The second kappa shape index (κ2) is 9.55. The quantitative estimate of drug-likeness (QED) is 0.437. The van der Waals surface area contributed by atoms with E-state index in [1.165, 1.54) is 10.7 Å². The van der Waals surface area contributed by atoms with Gasteiger partial charge in [-0.25, -0.2) is 4.98 Å². The number of aliphatic hydroxyl groups is 1. The van der Waals surface area contributed by atoms with E-state index in [1.54, 1.807) is 6.07 Å². The number of nitrogens with zero attached hydrogens (tertiary/aromatic N) is 7. The molecular weight excluding hydrogens is 478 g/mol. The second-order valence-electron chi connectivity index (χ2n) is 10.1. The van der Waals surface area contributed by atoms with Crippen molar-refractivity contribution in [2.45, 2.75) is 57.0 Å². The number of imidazole rings is 1. The fraction of sp³-hybridized carbons (Fsp3) is 0.480. The topological polar surface area (TPSA) is 138 Å². The second-order valence-corrected chi connectivity index (χ2v) is 10.5. The van der Waals surface area contributed by atoms with Gasteiger partial charge in [-0.1, -0.05) is 11.6 Å². The molecule has 3 heterocycles. The molecule has 5 rings (SSSR count). The molecule has 0 bridgehead atoms. The van der Waals surface area contributed by atoms with Gasteiger partial charge in [0.25, 0.3) is 0 Å². The summed E-state index contributed by atoms with van der Waals surface area (Å²) in [7, 11) is 0. The van der Waals surface area contributed by atoms with Gasteiger partial charge < -0.3 is 15.7 Å². The molecule has 0 atom stereocenters. The Bertz CT molecular complexity index is 1370. The highest BCUT2D eigenvalue weighted by molar-refractivity contribution is 6.34. The van der Waals surface area contributed by atoms with Crippen molar-refractivity contribution in [1.82, 2.24) is 24.5 Å². The largest absolute Gasteiger partial charge is 0.394 e. The summed E-state index contributed by atoms with van der Waals surface area (Å²) in [5.41, 5.74) is 2.46. The van der Waals surface area contributed by atoms with E-state index in [1.807, 2.05) is 19.9 Å². The standard InChI is InChI=1S/C25H28ClN9O/c1-25(2,14-36)34-7-5-16(6-8-34)19-9-15(11-27)10-20(21(19)26)31-24-32-22(30-17-3-4-17)23-29-13-18(12-28)35(23)33-24/h9-10,13,16-17,36H,3-8,14H2,1-2H3,(H2,30,31,32,33). The fourth-order valence-corrected chi connectivity index (χ4v) is 4.95. The van der Waals surface area contributed by atoms with E-state index in [9.17, 15) is 15.6 Å². The third-order valence-electron chi connectivity index (χ3n) is 7.05. The lowest BCUT2D eigenvalue weighted by Crippen LogP contribution is -2.50. The van der Waals surface area contributed by atoms with Gasteiger partial charge in [-0.2, -0.15) is 20.0 Å². The molecule has 1 saturated heterocycles. The van der Waals surface area contributed by atoms with Crippen LogP contribution >= 0.6 is 11.6 Å². The van der Waals surface area contributed by atoms with Crippen LogP contribution < -0.4 is 10.6 Å². The molecular formula is C25H28ClN9O. The van der Waals surface area contributed by atoms with Crippen LogP contribution in [0.25, 0.3) is 5.65 Å². The van der Waals surface area contributed by atoms with Crippen LogP contribution in [0.4, 0.5) is 17.5 Å². The number of rotatable bonds is 7. The van der Waals surface area contributed by atoms with Crippen molar-refractivity contribution < 1.29 is 5.11 Å². The minimum atomic E-state index is -0.270. The summed E-state index contributed by atoms with van der Waals surface area (Å²) >= 11 is 6.90. The van der Waals surface area contributed by atoms with E-state index in [0.717, 1.165) is 44.3 Å². The minimum Gasteiger partial charge on any atom is -0.394 e. The van der Waals surface area contributed by atoms with Crippen molar-refractivity contribution in [2.75, 3.05) is 30.3 Å². The Balaban J connectivity index is 1.46. The van der Waals surface area contributed by atoms with Crippen LogP contribution in [0.3, 0.4) is 0 Å². The smallest absolute Gasteiger partial charge is 0.247 e. The van der Waals surface area contributed by atoms with Gasteiger partial charge in [-0.05, 0) is 76.2 Å². The Morgan fingerprint density at radius 3 is 2.56 bits per heavy atom. The summed E-state index contributed by atoms with van der Waals surface area (Å²) in [6.45, 7) is 5.85. The number of benzene rings is 1. The van der Waals surface area contributed by atoms with Crippen LogP contribution in [0.15, 0.2) is 18.3 Å². The number of halogens is 1. The van der Waals surface area contributed by atoms with Crippen molar-refractivity contribution in [3.05, 3.63) is 40.2 Å². The summed E-state index contributed by atoms with van der Waals surface area (Å²) in [6, 6.07) is 8.22. The SMILES string of the molecule is CC(C)(CO)N1CCC(c2cc(C#N)cc(Nc3nc(NC4CC4)c4ncc(C#N)n4n3)c2Cl)CC1. The number of nitriles is 2. The Labute approximate surface area is 214 Å². The highest BCUT2D eigenvalue weighted by Gasteiger charge is 2.32. The average molecular weight is 506 g/mol. The summed E-state index contributed by atoms with van der Waals surface area (Å²) in [6.07, 6.45) is 5.32. The molecule has 11 heteroatoms. The first-order valence-electron chi connectivity index (χ1n) is 12.1. The molecule has 3 aromatic rings. The third kappa shape index (κ3) is 4.68. The Kier molecular flexibility index (Phi) is 6.44. The molecule has 1 saturated carbocycles. The maximum Gasteiger partial charge on any atom is 0.247 e. The lowest BCUT2D eigenvalue weighted by Gasteiger charge is -2.42. The van der Waals surface area contributed by atoms with Gasteiger partial charge in [0, 0.05) is 11.6 Å². The van der Waals surface area contributed by atoms with Crippen LogP contribution in [0.1, 0.15) is 62.3 Å². The number of anilines is 3. The molecule has 1 aromatic carbocycles. The maximum absolute atomic E-state index is 9.73. The number of hydrogen-bond donors (Lipinski definition) is 3. The number of piperidine rings is 1. The summed E-state index contributed by atoms with van der Waals surface area (Å²) in [5.74, 6) is 0.984. The van der Waals surface area contributed by atoms with Gasteiger partial charge in [0.1, 0.15) is 6.07 Å². The minimum absolute atomic E-state index is 0.1000. The van der Waals surface area contributed by atoms with Crippen LogP contribution in [-0.4, -0.2) is 60.9 Å². The molecule has 1 aliphatic heterocycles. The number of aromatic nitrogens is 4. The molecule has 1 aliphatic carbocycles. The summed E-state index contributed by atoms with van der Waals surface area (Å²) in [5, 5.41) is 40.5. The van der Waals surface area contributed by atoms with Gasteiger partial charge in [0.05, 0.1) is 35.1 Å². The molecule has 36 heavy (non-hydrogen) atoms. The van der Waals surface area contributed by atoms with E-state index in [4.69, 9.17) is 11.6 Å². The van der Waals surface area contributed by atoms with Crippen molar-refractivity contribution >= 4 is 34.7 Å². The number of likely N-dealkylation sites (tertiary alicyclic amines) is 1. The zero-order valence-electron chi connectivity index (χ0n) is 20.3. The van der Waals surface area contributed by atoms with E-state index in [-0.39, 0.29) is 24.0 Å². The molecule has 0 amide bonds. The van der Waals surface area contributed by atoms with Gasteiger partial charge >= 0.3 is 0 Å². The molecule has 0 spiro atoms. The molecule has 3 N–H and O–H groups in total. The highest BCUT2D eigenvalue weighted by Crippen LogP contribution is 2.39. The van der Waals surface area contributed by atoms with Gasteiger partial charge in [-0.15, -0.1) is 5.10 Å². The zero-order valence-corrected chi connectivity index (χ0v) is 21.0. The number of aliphatic hydroxyl groups excluding tert-OH is 1. The third-order valence-corrected chi connectivity index (χ3v) is 7.47. The van der Waals surface area contributed by atoms with Crippen molar-refractivity contribution in [3.8, 4) is 12.1 Å². The van der Waals surface area contributed by atoms with E-state index in [0.29, 0.717) is 39.5 Å². The van der Waals surface area contributed by atoms with Crippen molar-refractivity contribution in [2.24, 2.45) is 0 Å². The highest BCUT2D eigenvalue weighted by atomic mass is 35.5. The average Bonchev–Trinajstić information content (AvgIpc) is 3.61. The Morgan fingerprint density at radius 2 is 1.92 bits per heavy atom. The van der Waals surface area contributed by atoms with Gasteiger partial charge in [0.15, 0.2) is 17.2 Å². The van der Waals surface area contributed by atoms with E-state index < -0.39 is 0 Å². The Hall–Kier alpha value is -3.44. The van der Waals surface area contributed by atoms with Crippen molar-refractivity contribution in [1.29, 1.82) is 10.5 Å². The lowest BCUT2D eigenvalue weighted by atomic mass is 9.86. The first-order chi connectivity index (χ1) is 17.3. The lowest BCUT2D eigenvalue weighted by molar-refractivity contribution is 0.0379. The van der Waals surface area contributed by atoms with Crippen LogP contribution in [0.5, 0.6) is 0 Å². The monoisotopic (exact) mass is 505 g/mol. The fourth-order valence-electron chi connectivity index (χ4n) is 4.64. The molecule has 0 radical (unpaired) electrons. The normalized spacial score (nSPS) is 17.1. The molecule has 2 aromatic heterocycles. The molecule has 186 valence electrons. The molecule has 0 unspecified atom stereocenters. The van der Waals surface area contributed by atoms with E-state index >= 15 is 0 Å². The summed E-state index contributed by atoms with van der Waals surface area (Å²) in [4.78, 5) is 11.2. The molecule has 2 fully saturated rings. The maximum atomic E-state index is 9.73. The number of hydrogen-bond acceptors (Lipinski definition) is 9. The first-order valence-corrected chi connectivity index (χ1v) is 12.5. The number of nitrogens with one attached hydrogen (secondary N) is 2. The summed E-state index contributed by atoms with van der Waals surface area (Å²) < 4.78 is 1.46. The predicted molar refractivity (Wildman–Crippen MR) is 136 cm³/mol. The number of fused-ring (bicyclic) bond motifs is 1. The van der Waals surface area contributed by atoms with Gasteiger partial charge in [-0.3, -0.25) is 4.90 Å².